The number of hydrogen-bond donors (Lipinski definition) is 2. The molecule has 1 heterocycles. The smallest absolute Gasteiger partial charge is 0.416 e. The van der Waals surface area contributed by atoms with Gasteiger partial charge in [0.15, 0.2) is 5.96 Å². The van der Waals surface area contributed by atoms with Crippen LogP contribution in [0.1, 0.15) is 41.3 Å². The molecular weight excluding hydrogens is 484 g/mol. The van der Waals surface area contributed by atoms with Gasteiger partial charge in [-0.2, -0.15) is 13.2 Å². The summed E-state index contributed by atoms with van der Waals surface area (Å²) in [5, 5.41) is 6.33. The van der Waals surface area contributed by atoms with Crippen LogP contribution in [0.15, 0.2) is 33.7 Å². The van der Waals surface area contributed by atoms with Crippen molar-refractivity contribution in [2.45, 2.75) is 44.8 Å². The van der Waals surface area contributed by atoms with Gasteiger partial charge >= 0.3 is 6.18 Å². The molecule has 5 nitrogen and oxygen atoms in total. The summed E-state index contributed by atoms with van der Waals surface area (Å²) in [5.74, 6) is 1.89. The molecule has 0 amide bonds. The van der Waals surface area contributed by atoms with Crippen LogP contribution in [0, 0.1) is 13.8 Å². The molecule has 2 aromatic rings. The van der Waals surface area contributed by atoms with Gasteiger partial charge in [0.25, 0.3) is 0 Å². The average Bonchev–Trinajstić information content (AvgIpc) is 3.35. The van der Waals surface area contributed by atoms with Gasteiger partial charge in [-0.3, -0.25) is 4.99 Å². The third-order valence-corrected chi connectivity index (χ3v) is 4.95. The van der Waals surface area contributed by atoms with Gasteiger partial charge in [-0.05, 0) is 38.3 Å². The molecule has 28 heavy (non-hydrogen) atoms. The van der Waals surface area contributed by atoms with Gasteiger partial charge < -0.3 is 15.1 Å². The predicted molar refractivity (Wildman–Crippen MR) is 112 cm³/mol. The predicted octanol–water partition coefficient (Wildman–Crippen LogP) is 4.33. The number of halogens is 4. The molecule has 1 saturated carbocycles. The van der Waals surface area contributed by atoms with Gasteiger partial charge in [0.05, 0.1) is 17.8 Å². The van der Waals surface area contributed by atoms with Crippen molar-refractivity contribution < 1.29 is 17.6 Å². The first-order chi connectivity index (χ1) is 12.7. The summed E-state index contributed by atoms with van der Waals surface area (Å²) in [5.41, 5.74) is 0.661. The van der Waals surface area contributed by atoms with E-state index in [1.165, 1.54) is 12.1 Å². The number of nitrogens with zero attached hydrogens (tertiary/aromatic N) is 2. The molecule has 1 aliphatic rings. The van der Waals surface area contributed by atoms with E-state index < -0.39 is 11.7 Å². The van der Waals surface area contributed by atoms with Gasteiger partial charge in [0.1, 0.15) is 5.76 Å². The minimum atomic E-state index is -4.33. The Morgan fingerprint density at radius 2 is 1.96 bits per heavy atom. The van der Waals surface area contributed by atoms with E-state index in [0.29, 0.717) is 30.5 Å². The summed E-state index contributed by atoms with van der Waals surface area (Å²) in [6.45, 7) is 4.62. The van der Waals surface area contributed by atoms with Crippen LogP contribution in [-0.2, 0) is 18.1 Å². The standard InChI is InChI=1S/C19H23F3N4O.HI/c1-12-13(2)27-16(26-12)10-24-17(23-3)25-11-18(7-8-18)14-5-4-6-15(9-14)19(20,21)22;/h4-6,9H,7-8,10-11H2,1-3H3,(H2,23,24,25);1H. The second-order valence-corrected chi connectivity index (χ2v) is 6.89. The number of aliphatic imine (C=N–C) groups is 1. The van der Waals surface area contributed by atoms with Crippen LogP contribution in [-0.4, -0.2) is 24.5 Å². The molecule has 0 unspecified atom stereocenters. The zero-order chi connectivity index (χ0) is 19.7. The van der Waals surface area contributed by atoms with Crippen molar-refractivity contribution in [3.63, 3.8) is 0 Å². The van der Waals surface area contributed by atoms with Crippen LogP contribution in [0.3, 0.4) is 0 Å². The van der Waals surface area contributed by atoms with Crippen molar-refractivity contribution in [2.24, 2.45) is 4.99 Å². The average molecular weight is 508 g/mol. The van der Waals surface area contributed by atoms with E-state index in [4.69, 9.17) is 4.42 Å². The van der Waals surface area contributed by atoms with Crippen LogP contribution in [0.25, 0.3) is 0 Å². The molecule has 0 bridgehead atoms. The van der Waals surface area contributed by atoms with Crippen molar-refractivity contribution in [1.29, 1.82) is 0 Å². The first kappa shape index (κ1) is 22.5. The summed E-state index contributed by atoms with van der Waals surface area (Å²) < 4.78 is 44.5. The van der Waals surface area contributed by atoms with E-state index in [2.05, 4.69) is 20.6 Å². The topological polar surface area (TPSA) is 62.5 Å². The molecule has 0 saturated heterocycles. The van der Waals surface area contributed by atoms with E-state index in [0.717, 1.165) is 30.4 Å². The number of rotatable bonds is 5. The Hall–Kier alpha value is -1.78. The molecule has 1 aliphatic carbocycles. The van der Waals surface area contributed by atoms with Crippen LogP contribution in [0.5, 0.6) is 0 Å². The van der Waals surface area contributed by atoms with Crippen molar-refractivity contribution >= 4 is 29.9 Å². The molecule has 1 aromatic heterocycles. The maximum absolute atomic E-state index is 13.0. The normalized spacial score (nSPS) is 15.7. The minimum Gasteiger partial charge on any atom is -0.444 e. The summed E-state index contributed by atoms with van der Waals surface area (Å²) in [6, 6.07) is 5.59. The van der Waals surface area contributed by atoms with E-state index in [9.17, 15) is 13.2 Å². The zero-order valence-electron chi connectivity index (χ0n) is 16.0. The maximum atomic E-state index is 13.0. The van der Waals surface area contributed by atoms with Crippen LogP contribution < -0.4 is 10.6 Å². The molecular formula is C19H24F3IN4O. The Kier molecular flexibility index (Phi) is 7.00. The summed E-state index contributed by atoms with van der Waals surface area (Å²) in [4.78, 5) is 8.46. The third-order valence-electron chi connectivity index (χ3n) is 4.95. The molecule has 0 aliphatic heterocycles. The van der Waals surface area contributed by atoms with E-state index >= 15 is 0 Å². The molecule has 1 fully saturated rings. The Bertz CT molecular complexity index is 824. The monoisotopic (exact) mass is 508 g/mol. The van der Waals surface area contributed by atoms with E-state index in [1.807, 2.05) is 13.8 Å². The summed E-state index contributed by atoms with van der Waals surface area (Å²) >= 11 is 0. The van der Waals surface area contributed by atoms with Crippen molar-refractivity contribution in [1.82, 2.24) is 15.6 Å². The molecule has 3 rings (SSSR count). The lowest BCUT2D eigenvalue weighted by atomic mass is 9.94. The largest absolute Gasteiger partial charge is 0.444 e. The lowest BCUT2D eigenvalue weighted by Crippen LogP contribution is -2.41. The number of aryl methyl sites for hydroxylation is 2. The second kappa shape index (κ2) is 8.71. The summed E-state index contributed by atoms with van der Waals surface area (Å²) in [7, 11) is 1.64. The van der Waals surface area contributed by atoms with Gasteiger partial charge in [-0.25, -0.2) is 4.98 Å². The fourth-order valence-corrected chi connectivity index (χ4v) is 2.99. The van der Waals surface area contributed by atoms with Gasteiger partial charge in [-0.15, -0.1) is 24.0 Å². The molecule has 0 radical (unpaired) electrons. The number of aromatic nitrogens is 1. The Morgan fingerprint density at radius 3 is 2.50 bits per heavy atom. The molecule has 9 heteroatoms. The zero-order valence-corrected chi connectivity index (χ0v) is 18.3. The lowest BCUT2D eigenvalue weighted by molar-refractivity contribution is -0.137. The van der Waals surface area contributed by atoms with E-state index in [-0.39, 0.29) is 29.4 Å². The highest BCUT2D eigenvalue weighted by Gasteiger charge is 2.45. The first-order valence-corrected chi connectivity index (χ1v) is 8.79. The fourth-order valence-electron chi connectivity index (χ4n) is 2.99. The Balaban J connectivity index is 0.00000280. The molecule has 2 N–H and O–H groups in total. The number of guanidine groups is 1. The lowest BCUT2D eigenvalue weighted by Gasteiger charge is -2.20. The minimum absolute atomic E-state index is 0. The molecule has 0 atom stereocenters. The number of alkyl halides is 3. The third kappa shape index (κ3) is 5.18. The Labute approximate surface area is 179 Å². The quantitative estimate of drug-likeness (QED) is 0.359. The highest BCUT2D eigenvalue weighted by Crippen LogP contribution is 2.48. The van der Waals surface area contributed by atoms with Crippen LogP contribution >= 0.6 is 24.0 Å². The Morgan fingerprint density at radius 1 is 1.25 bits per heavy atom. The van der Waals surface area contributed by atoms with Crippen LogP contribution in [0.2, 0.25) is 0 Å². The highest BCUT2D eigenvalue weighted by atomic mass is 127. The fraction of sp³-hybridized carbons (Fsp3) is 0.474. The number of nitrogens with one attached hydrogen (secondary N) is 2. The maximum Gasteiger partial charge on any atom is 0.416 e. The van der Waals surface area contributed by atoms with E-state index in [1.54, 1.807) is 13.1 Å². The number of oxazole rings is 1. The van der Waals surface area contributed by atoms with Gasteiger partial charge in [-0.1, -0.05) is 18.2 Å². The summed E-state index contributed by atoms with van der Waals surface area (Å²) in [6.07, 6.45) is -2.64. The molecule has 154 valence electrons. The molecule has 1 aromatic carbocycles. The first-order valence-electron chi connectivity index (χ1n) is 8.79. The highest BCUT2D eigenvalue weighted by molar-refractivity contribution is 14.0. The van der Waals surface area contributed by atoms with Crippen molar-refractivity contribution in [3.05, 3.63) is 52.7 Å². The number of hydrogen-bond acceptors (Lipinski definition) is 3. The molecule has 0 spiro atoms. The number of benzene rings is 1. The van der Waals surface area contributed by atoms with Crippen molar-refractivity contribution in [2.75, 3.05) is 13.6 Å². The van der Waals surface area contributed by atoms with Gasteiger partial charge in [0.2, 0.25) is 5.89 Å². The second-order valence-electron chi connectivity index (χ2n) is 6.89. The van der Waals surface area contributed by atoms with Crippen LogP contribution in [0.4, 0.5) is 13.2 Å². The SMILES string of the molecule is CN=C(NCc1nc(C)c(C)o1)NCC1(c2cccc(C(F)(F)F)c2)CC1.I. The van der Waals surface area contributed by atoms with Gasteiger partial charge in [0, 0.05) is 19.0 Å². The van der Waals surface area contributed by atoms with Crippen molar-refractivity contribution in [3.8, 4) is 0 Å².